The predicted octanol–water partition coefficient (Wildman–Crippen LogP) is 2.64. The van der Waals surface area contributed by atoms with Crippen LogP contribution in [0.1, 0.15) is 24.1 Å². The van der Waals surface area contributed by atoms with E-state index in [2.05, 4.69) is 20.4 Å². The number of hydrogen-bond acceptors (Lipinski definition) is 5. The number of nitrogens with one attached hydrogen (secondary N) is 1. The van der Waals surface area contributed by atoms with E-state index in [1.54, 1.807) is 41.9 Å². The highest BCUT2D eigenvalue weighted by molar-refractivity contribution is 5.82. The SMILES string of the molecule is C[C@@H](c1c(F)cc2ncccc2c1F)c1cnc2ccc(N3CCNC(=O)C3)nn12. The van der Waals surface area contributed by atoms with Crippen LogP contribution in [0.15, 0.2) is 42.7 Å². The number of imidazole rings is 1. The highest BCUT2D eigenvalue weighted by Crippen LogP contribution is 2.32. The molecule has 1 aromatic carbocycles. The highest BCUT2D eigenvalue weighted by Gasteiger charge is 2.25. The Hall–Kier alpha value is -3.62. The van der Waals surface area contributed by atoms with Gasteiger partial charge in [-0.25, -0.2) is 18.3 Å². The minimum atomic E-state index is -0.662. The molecule has 0 radical (unpaired) electrons. The monoisotopic (exact) mass is 408 g/mol. The van der Waals surface area contributed by atoms with Crippen LogP contribution in [-0.2, 0) is 4.79 Å². The zero-order valence-electron chi connectivity index (χ0n) is 16.1. The summed E-state index contributed by atoms with van der Waals surface area (Å²) in [6.07, 6.45) is 3.08. The Morgan fingerprint density at radius 3 is 2.90 bits per heavy atom. The molecule has 3 aromatic heterocycles. The summed E-state index contributed by atoms with van der Waals surface area (Å²) < 4.78 is 31.6. The lowest BCUT2D eigenvalue weighted by atomic mass is 9.95. The normalized spacial score (nSPS) is 15.6. The fraction of sp³-hybridized carbons (Fsp3) is 0.238. The number of pyridine rings is 1. The molecule has 0 saturated carbocycles. The molecule has 0 aliphatic carbocycles. The lowest BCUT2D eigenvalue weighted by Gasteiger charge is -2.27. The van der Waals surface area contributed by atoms with Crippen LogP contribution in [0.25, 0.3) is 16.6 Å². The number of carbonyl (C=O) groups is 1. The van der Waals surface area contributed by atoms with Crippen molar-refractivity contribution in [3.63, 3.8) is 0 Å². The van der Waals surface area contributed by atoms with Gasteiger partial charge in [0.15, 0.2) is 5.65 Å². The molecule has 152 valence electrons. The summed E-state index contributed by atoms with van der Waals surface area (Å²) in [4.78, 5) is 21.9. The summed E-state index contributed by atoms with van der Waals surface area (Å²) in [6, 6.07) is 8.02. The average Bonchev–Trinajstić information content (AvgIpc) is 3.17. The number of aromatic nitrogens is 4. The van der Waals surface area contributed by atoms with Crippen molar-refractivity contribution in [1.29, 1.82) is 0 Å². The summed E-state index contributed by atoms with van der Waals surface area (Å²) in [7, 11) is 0. The van der Waals surface area contributed by atoms with Crippen LogP contribution in [0.2, 0.25) is 0 Å². The minimum Gasteiger partial charge on any atom is -0.353 e. The first-order valence-corrected chi connectivity index (χ1v) is 9.62. The van der Waals surface area contributed by atoms with Crippen LogP contribution in [0.5, 0.6) is 0 Å². The third-order valence-corrected chi connectivity index (χ3v) is 5.45. The molecule has 1 atom stereocenters. The summed E-state index contributed by atoms with van der Waals surface area (Å²) >= 11 is 0. The van der Waals surface area contributed by atoms with Gasteiger partial charge in [-0.2, -0.15) is 0 Å². The Kier molecular flexibility index (Phi) is 4.30. The van der Waals surface area contributed by atoms with E-state index in [-0.39, 0.29) is 28.9 Å². The van der Waals surface area contributed by atoms with Crippen LogP contribution in [-0.4, -0.2) is 45.1 Å². The largest absolute Gasteiger partial charge is 0.353 e. The molecular weight excluding hydrogens is 390 g/mol. The van der Waals surface area contributed by atoms with Gasteiger partial charge in [0, 0.05) is 42.2 Å². The van der Waals surface area contributed by atoms with E-state index < -0.39 is 17.6 Å². The van der Waals surface area contributed by atoms with Crippen molar-refractivity contribution in [3.05, 3.63) is 65.6 Å². The van der Waals surface area contributed by atoms with Gasteiger partial charge in [0.2, 0.25) is 5.91 Å². The maximum atomic E-state index is 15.2. The fourth-order valence-corrected chi connectivity index (χ4v) is 3.89. The maximum Gasteiger partial charge on any atom is 0.239 e. The molecule has 7 nitrogen and oxygen atoms in total. The molecule has 30 heavy (non-hydrogen) atoms. The predicted molar refractivity (Wildman–Crippen MR) is 107 cm³/mol. The van der Waals surface area contributed by atoms with Gasteiger partial charge < -0.3 is 10.2 Å². The molecular formula is C21H18F2N6O. The third-order valence-electron chi connectivity index (χ3n) is 5.45. The van der Waals surface area contributed by atoms with Gasteiger partial charge >= 0.3 is 0 Å². The maximum absolute atomic E-state index is 15.2. The van der Waals surface area contributed by atoms with E-state index in [0.717, 1.165) is 0 Å². The third kappa shape index (κ3) is 2.94. The Balaban J connectivity index is 1.60. The van der Waals surface area contributed by atoms with Gasteiger partial charge in [-0.15, -0.1) is 5.10 Å². The quantitative estimate of drug-likeness (QED) is 0.564. The smallest absolute Gasteiger partial charge is 0.239 e. The first kappa shape index (κ1) is 18.4. The summed E-state index contributed by atoms with van der Waals surface area (Å²) in [6.45, 7) is 3.09. The molecule has 1 amide bonds. The second-order valence-corrected chi connectivity index (χ2v) is 7.29. The van der Waals surface area contributed by atoms with Crippen molar-refractivity contribution in [3.8, 4) is 0 Å². The molecule has 1 N–H and O–H groups in total. The molecule has 0 bridgehead atoms. The number of anilines is 1. The van der Waals surface area contributed by atoms with Crippen molar-refractivity contribution in [2.24, 2.45) is 0 Å². The van der Waals surface area contributed by atoms with Crippen LogP contribution in [0, 0.1) is 11.6 Å². The number of fused-ring (bicyclic) bond motifs is 2. The van der Waals surface area contributed by atoms with Crippen LogP contribution in [0.3, 0.4) is 0 Å². The fourth-order valence-electron chi connectivity index (χ4n) is 3.89. The van der Waals surface area contributed by atoms with Gasteiger partial charge in [0.25, 0.3) is 0 Å². The molecule has 5 rings (SSSR count). The van der Waals surface area contributed by atoms with E-state index in [0.29, 0.717) is 30.2 Å². The number of rotatable bonds is 3. The molecule has 4 aromatic rings. The number of halogens is 2. The van der Waals surface area contributed by atoms with Gasteiger partial charge in [0.05, 0.1) is 24.0 Å². The molecule has 0 spiro atoms. The number of hydrogen-bond donors (Lipinski definition) is 1. The minimum absolute atomic E-state index is 0.0538. The lowest BCUT2D eigenvalue weighted by Crippen LogP contribution is -2.48. The number of carbonyl (C=O) groups excluding carboxylic acids is 1. The van der Waals surface area contributed by atoms with Crippen molar-refractivity contribution in [2.75, 3.05) is 24.5 Å². The van der Waals surface area contributed by atoms with E-state index in [1.807, 2.05) is 4.90 Å². The first-order valence-electron chi connectivity index (χ1n) is 9.62. The Morgan fingerprint density at radius 2 is 2.07 bits per heavy atom. The van der Waals surface area contributed by atoms with E-state index >= 15 is 4.39 Å². The average molecular weight is 408 g/mol. The molecule has 0 unspecified atom stereocenters. The van der Waals surface area contributed by atoms with Crippen molar-refractivity contribution in [1.82, 2.24) is 24.9 Å². The Morgan fingerprint density at radius 1 is 1.20 bits per heavy atom. The zero-order valence-corrected chi connectivity index (χ0v) is 16.1. The zero-order chi connectivity index (χ0) is 20.8. The second kappa shape index (κ2) is 7.01. The van der Waals surface area contributed by atoms with Gasteiger partial charge in [-0.1, -0.05) is 6.92 Å². The number of benzene rings is 1. The standard InChI is InChI=1S/C21H18F2N6O/c1-12(20-14(22)9-15-13(21(20)23)3-2-6-24-15)16-10-26-17-4-5-18(27-29(16)17)28-8-7-25-19(30)11-28/h2-6,9-10,12H,7-8,11H2,1H3,(H,25,30)/t12-/m1/s1. The topological polar surface area (TPSA) is 75.4 Å². The molecule has 1 aliphatic heterocycles. The van der Waals surface area contributed by atoms with E-state index in [9.17, 15) is 9.18 Å². The van der Waals surface area contributed by atoms with Crippen molar-refractivity contribution >= 4 is 28.3 Å². The van der Waals surface area contributed by atoms with Crippen LogP contribution >= 0.6 is 0 Å². The second-order valence-electron chi connectivity index (χ2n) is 7.29. The molecule has 4 heterocycles. The lowest BCUT2D eigenvalue weighted by molar-refractivity contribution is -0.120. The van der Waals surface area contributed by atoms with Crippen molar-refractivity contribution in [2.45, 2.75) is 12.8 Å². The molecule has 1 fully saturated rings. The molecule has 9 heteroatoms. The number of amides is 1. The number of piperazine rings is 1. The molecule has 1 saturated heterocycles. The van der Waals surface area contributed by atoms with Gasteiger partial charge in [-0.05, 0) is 24.3 Å². The summed E-state index contributed by atoms with van der Waals surface area (Å²) in [5, 5.41) is 7.65. The van der Waals surface area contributed by atoms with E-state index in [4.69, 9.17) is 0 Å². The van der Waals surface area contributed by atoms with Crippen LogP contribution in [0.4, 0.5) is 14.6 Å². The van der Waals surface area contributed by atoms with Crippen LogP contribution < -0.4 is 10.2 Å². The van der Waals surface area contributed by atoms with Crippen molar-refractivity contribution < 1.29 is 13.6 Å². The van der Waals surface area contributed by atoms with Gasteiger partial charge in [-0.3, -0.25) is 9.78 Å². The Bertz CT molecular complexity index is 1290. The first-order chi connectivity index (χ1) is 14.5. The Labute approximate surface area is 170 Å². The summed E-state index contributed by atoms with van der Waals surface area (Å²) in [5.74, 6) is -1.41. The summed E-state index contributed by atoms with van der Waals surface area (Å²) in [5.41, 5.74) is 1.33. The van der Waals surface area contributed by atoms with E-state index in [1.165, 1.54) is 12.3 Å². The number of nitrogens with zero attached hydrogens (tertiary/aromatic N) is 5. The molecule has 1 aliphatic rings. The highest BCUT2D eigenvalue weighted by atomic mass is 19.1. The van der Waals surface area contributed by atoms with Gasteiger partial charge in [0.1, 0.15) is 17.5 Å².